The largest absolute Gasteiger partial charge is 0.395 e. The highest BCUT2D eigenvalue weighted by molar-refractivity contribution is 5.79. The van der Waals surface area contributed by atoms with E-state index >= 15 is 0 Å². The Morgan fingerprint density at radius 1 is 1.29 bits per heavy atom. The third-order valence-electron chi connectivity index (χ3n) is 4.73. The molecule has 2 rings (SSSR count). The summed E-state index contributed by atoms with van der Waals surface area (Å²) in [6.07, 6.45) is 5.87. The van der Waals surface area contributed by atoms with Crippen LogP contribution in [0.15, 0.2) is 36.4 Å². The lowest BCUT2D eigenvalue weighted by molar-refractivity contribution is -0.137. The second kappa shape index (κ2) is 9.60. The maximum absolute atomic E-state index is 12.8. The summed E-state index contributed by atoms with van der Waals surface area (Å²) in [5.41, 5.74) is 1.12. The van der Waals surface area contributed by atoms with Crippen LogP contribution in [0.2, 0.25) is 0 Å². The molecule has 1 aromatic rings. The van der Waals surface area contributed by atoms with Gasteiger partial charge in [0, 0.05) is 25.0 Å². The van der Waals surface area contributed by atoms with E-state index < -0.39 is 0 Å². The molecule has 0 atom stereocenters. The highest BCUT2D eigenvalue weighted by Crippen LogP contribution is 2.21. The van der Waals surface area contributed by atoms with Gasteiger partial charge in [0.05, 0.1) is 6.61 Å². The lowest BCUT2D eigenvalue weighted by atomic mass is 9.94. The van der Waals surface area contributed by atoms with Gasteiger partial charge in [0.25, 0.3) is 0 Å². The molecule has 0 aliphatic carbocycles. The Morgan fingerprint density at radius 2 is 1.96 bits per heavy atom. The minimum absolute atomic E-state index is 0.00968. The molecular weight excluding hydrogens is 300 g/mol. The first-order valence-electron chi connectivity index (χ1n) is 8.97. The van der Waals surface area contributed by atoms with Crippen molar-refractivity contribution in [3.05, 3.63) is 42.0 Å². The molecule has 0 unspecified atom stereocenters. The number of hydrogen-bond donors (Lipinski definition) is 1. The van der Waals surface area contributed by atoms with Crippen LogP contribution in [0.25, 0.3) is 6.08 Å². The average molecular weight is 330 g/mol. The lowest BCUT2D eigenvalue weighted by Gasteiger charge is -2.35. The van der Waals surface area contributed by atoms with Crippen LogP contribution >= 0.6 is 0 Å². The third-order valence-corrected chi connectivity index (χ3v) is 4.73. The fourth-order valence-electron chi connectivity index (χ4n) is 3.21. The van der Waals surface area contributed by atoms with Gasteiger partial charge in [-0.3, -0.25) is 4.79 Å². The molecule has 1 amide bonds. The summed E-state index contributed by atoms with van der Waals surface area (Å²) in [7, 11) is 0. The second-order valence-corrected chi connectivity index (χ2v) is 6.72. The molecular formula is C20H30N2O2. The number of nitrogens with zero attached hydrogens (tertiary/aromatic N) is 2. The Morgan fingerprint density at radius 3 is 2.54 bits per heavy atom. The van der Waals surface area contributed by atoms with Crippen molar-refractivity contribution in [3.63, 3.8) is 0 Å². The van der Waals surface area contributed by atoms with Crippen molar-refractivity contribution in [1.82, 2.24) is 9.80 Å². The summed E-state index contributed by atoms with van der Waals surface area (Å²) in [6.45, 7) is 7.35. The van der Waals surface area contributed by atoms with Gasteiger partial charge < -0.3 is 14.9 Å². The molecule has 0 aromatic heterocycles. The molecule has 0 saturated carbocycles. The summed E-state index contributed by atoms with van der Waals surface area (Å²) in [5, 5.41) is 9.29. The molecule has 1 N–H and O–H groups in total. The highest BCUT2D eigenvalue weighted by atomic mass is 16.3. The predicted molar refractivity (Wildman–Crippen MR) is 98.6 cm³/mol. The zero-order valence-corrected chi connectivity index (χ0v) is 14.9. The van der Waals surface area contributed by atoms with E-state index in [0.717, 1.165) is 31.5 Å². The van der Waals surface area contributed by atoms with Crippen LogP contribution in [0, 0.1) is 5.92 Å². The normalized spacial score (nSPS) is 16.8. The van der Waals surface area contributed by atoms with Gasteiger partial charge in [0.1, 0.15) is 0 Å². The van der Waals surface area contributed by atoms with Gasteiger partial charge in [-0.1, -0.05) is 42.5 Å². The number of carbonyl (C=O) groups excluding carboxylic acids is 1. The Balaban J connectivity index is 1.89. The van der Waals surface area contributed by atoms with E-state index in [4.69, 9.17) is 0 Å². The Bertz CT molecular complexity index is 520. The van der Waals surface area contributed by atoms with Crippen molar-refractivity contribution in [2.24, 2.45) is 5.92 Å². The number of rotatable bonds is 7. The van der Waals surface area contributed by atoms with Crippen molar-refractivity contribution >= 4 is 12.0 Å². The molecule has 1 aromatic carbocycles. The molecule has 1 aliphatic heterocycles. The number of piperidine rings is 1. The number of aliphatic hydroxyl groups excluding tert-OH is 1. The van der Waals surface area contributed by atoms with Crippen LogP contribution < -0.4 is 0 Å². The van der Waals surface area contributed by atoms with Gasteiger partial charge in [-0.2, -0.15) is 0 Å². The monoisotopic (exact) mass is 330 g/mol. The summed E-state index contributed by atoms with van der Waals surface area (Å²) >= 11 is 0. The van der Waals surface area contributed by atoms with Crippen molar-refractivity contribution in [2.45, 2.75) is 32.7 Å². The first kappa shape index (κ1) is 18.7. The van der Waals surface area contributed by atoms with Crippen LogP contribution in [0.5, 0.6) is 0 Å². The van der Waals surface area contributed by atoms with Gasteiger partial charge in [0.2, 0.25) is 5.91 Å². The zero-order valence-electron chi connectivity index (χ0n) is 14.9. The summed E-state index contributed by atoms with van der Waals surface area (Å²) in [6, 6.07) is 10.6. The maximum atomic E-state index is 12.8. The van der Waals surface area contributed by atoms with E-state index in [1.165, 1.54) is 0 Å². The van der Waals surface area contributed by atoms with E-state index in [0.29, 0.717) is 19.1 Å². The molecule has 1 fully saturated rings. The number of aliphatic hydroxyl groups is 1. The number of benzene rings is 1. The molecule has 0 bridgehead atoms. The van der Waals surface area contributed by atoms with E-state index in [9.17, 15) is 9.90 Å². The second-order valence-electron chi connectivity index (χ2n) is 6.72. The fraction of sp³-hybridized carbons (Fsp3) is 0.550. The topological polar surface area (TPSA) is 43.8 Å². The first-order valence-corrected chi connectivity index (χ1v) is 8.97. The van der Waals surface area contributed by atoms with Crippen molar-refractivity contribution in [2.75, 3.05) is 32.8 Å². The Labute approximate surface area is 145 Å². The lowest BCUT2D eigenvalue weighted by Crippen LogP contribution is -2.45. The smallest absolute Gasteiger partial charge is 0.226 e. The van der Waals surface area contributed by atoms with Crippen LogP contribution in [-0.4, -0.2) is 59.6 Å². The SMILES string of the molecule is CC(C)N1CCC(C(=O)N(CC=Cc2ccccc2)CCO)CC1. The van der Waals surface area contributed by atoms with Gasteiger partial charge in [-0.05, 0) is 45.3 Å². The minimum atomic E-state index is 0.00968. The fourth-order valence-corrected chi connectivity index (χ4v) is 3.21. The Hall–Kier alpha value is -1.65. The van der Waals surface area contributed by atoms with Crippen molar-refractivity contribution in [3.8, 4) is 0 Å². The van der Waals surface area contributed by atoms with E-state index in [1.807, 2.05) is 42.5 Å². The highest BCUT2D eigenvalue weighted by Gasteiger charge is 2.28. The maximum Gasteiger partial charge on any atom is 0.226 e. The van der Waals surface area contributed by atoms with Gasteiger partial charge in [0.15, 0.2) is 0 Å². The summed E-state index contributed by atoms with van der Waals surface area (Å²) < 4.78 is 0. The quantitative estimate of drug-likeness (QED) is 0.836. The van der Waals surface area contributed by atoms with Crippen LogP contribution in [-0.2, 0) is 4.79 Å². The van der Waals surface area contributed by atoms with Gasteiger partial charge in [-0.15, -0.1) is 0 Å². The molecule has 1 aliphatic rings. The first-order chi connectivity index (χ1) is 11.6. The molecule has 0 radical (unpaired) electrons. The number of likely N-dealkylation sites (tertiary alicyclic amines) is 1. The molecule has 132 valence electrons. The number of amides is 1. The van der Waals surface area contributed by atoms with Crippen LogP contribution in [0.3, 0.4) is 0 Å². The molecule has 1 saturated heterocycles. The van der Waals surface area contributed by atoms with E-state index in [-0.39, 0.29) is 18.4 Å². The molecule has 1 heterocycles. The van der Waals surface area contributed by atoms with Crippen LogP contribution in [0.4, 0.5) is 0 Å². The van der Waals surface area contributed by atoms with Gasteiger partial charge in [-0.25, -0.2) is 0 Å². The molecule has 0 spiro atoms. The third kappa shape index (κ3) is 5.46. The molecule has 4 heteroatoms. The number of carbonyl (C=O) groups is 1. The molecule has 4 nitrogen and oxygen atoms in total. The Kier molecular flexibility index (Phi) is 7.47. The van der Waals surface area contributed by atoms with Crippen LogP contribution in [0.1, 0.15) is 32.3 Å². The average Bonchev–Trinajstić information content (AvgIpc) is 2.61. The van der Waals surface area contributed by atoms with E-state index in [2.05, 4.69) is 18.7 Å². The standard InChI is InChI=1S/C20H30N2O2/c1-17(2)21-13-10-19(11-14-21)20(24)22(15-16-23)12-6-9-18-7-4-3-5-8-18/h3-9,17,19,23H,10-16H2,1-2H3. The number of hydrogen-bond acceptors (Lipinski definition) is 3. The minimum Gasteiger partial charge on any atom is -0.395 e. The van der Waals surface area contributed by atoms with Crippen molar-refractivity contribution in [1.29, 1.82) is 0 Å². The van der Waals surface area contributed by atoms with E-state index in [1.54, 1.807) is 4.90 Å². The van der Waals surface area contributed by atoms with Crippen molar-refractivity contribution < 1.29 is 9.90 Å². The predicted octanol–water partition coefficient (Wildman–Crippen LogP) is 2.64. The summed E-state index contributed by atoms with van der Waals surface area (Å²) in [5.74, 6) is 0.279. The molecule has 24 heavy (non-hydrogen) atoms. The van der Waals surface area contributed by atoms with Gasteiger partial charge >= 0.3 is 0 Å². The summed E-state index contributed by atoms with van der Waals surface area (Å²) in [4.78, 5) is 17.0. The zero-order chi connectivity index (χ0) is 17.4.